The smallest absolute Gasteiger partial charge is 0.114 e. The van der Waals surface area contributed by atoms with Crippen molar-refractivity contribution in [3.63, 3.8) is 0 Å². The van der Waals surface area contributed by atoms with E-state index in [4.69, 9.17) is 17.5 Å². The monoisotopic (exact) mass is 904 g/mol. The lowest BCUT2D eigenvalue weighted by Gasteiger charge is -2.14. The minimum absolute atomic E-state index is 0.705. The highest BCUT2D eigenvalue weighted by Gasteiger charge is 2.23. The van der Waals surface area contributed by atoms with Crippen molar-refractivity contribution in [2.45, 2.75) is 91.9 Å². The first-order valence-corrected chi connectivity index (χ1v) is 26.7. The molecule has 2 atom stereocenters. The summed E-state index contributed by atoms with van der Waals surface area (Å²) in [4.78, 5) is 10.5. The molecular weight excluding hydrogens is 857 g/mol. The summed E-state index contributed by atoms with van der Waals surface area (Å²) in [5.41, 5.74) is 11.5. The van der Waals surface area contributed by atoms with E-state index in [1.165, 1.54) is 136 Å². The van der Waals surface area contributed by atoms with Gasteiger partial charge in [-0.05, 0) is 83.0 Å². The lowest BCUT2D eigenvalue weighted by atomic mass is 9.91. The molecule has 11 heteroatoms. The van der Waals surface area contributed by atoms with Gasteiger partial charge in [0.1, 0.15) is 22.1 Å². The molecule has 2 aromatic carbocycles. The van der Waals surface area contributed by atoms with E-state index in [0.717, 1.165) is 46.0 Å². The zero-order valence-electron chi connectivity index (χ0n) is 34.0. The van der Waals surface area contributed by atoms with Crippen LogP contribution in [0.2, 0.25) is 0 Å². The quantitative estimate of drug-likeness (QED) is 0.0861. The molecule has 4 nitrogen and oxygen atoms in total. The van der Waals surface area contributed by atoms with Crippen LogP contribution in [0.15, 0.2) is 83.6 Å². The Morgan fingerprint density at radius 3 is 1.22 bits per heavy atom. The van der Waals surface area contributed by atoms with Gasteiger partial charge in [-0.25, -0.2) is 0 Å². The second-order valence-corrected chi connectivity index (χ2v) is 21.7. The standard InChI is InChI=1S/C48H48N4S7/c1-5-9-13-29(7-3)25-31-27-41(56-47(31)39-15-11-23-53-39)35-19-17-33(43-45(35)51-58-49-43)37-21-22-38(55-37)34-18-20-36(46-44(34)50-59-52-46)42-28-32(26-30(8-4)14-10-6-2)48(57-42)40-16-12-24-54-40/h11-12,15-24,27-30H,5-10,13-14,25-26H2,1-4H3. The zero-order chi connectivity index (χ0) is 40.3. The molecule has 0 bridgehead atoms. The van der Waals surface area contributed by atoms with Crippen molar-refractivity contribution in [1.82, 2.24) is 17.5 Å². The Morgan fingerprint density at radius 2 is 0.864 bits per heavy atom. The average Bonchev–Trinajstić information content (AvgIpc) is 4.11. The Bertz CT molecular complexity index is 2570. The Morgan fingerprint density at radius 1 is 0.458 bits per heavy atom. The van der Waals surface area contributed by atoms with Crippen LogP contribution in [0.25, 0.3) is 83.3 Å². The Labute approximate surface area is 376 Å². The van der Waals surface area contributed by atoms with Gasteiger partial charge in [0.15, 0.2) is 0 Å². The fourth-order valence-corrected chi connectivity index (χ4v) is 14.7. The van der Waals surface area contributed by atoms with Gasteiger partial charge in [0.2, 0.25) is 0 Å². The molecule has 9 aromatic rings. The van der Waals surface area contributed by atoms with Gasteiger partial charge in [-0.3, -0.25) is 0 Å². The van der Waals surface area contributed by atoms with Gasteiger partial charge in [-0.1, -0.05) is 115 Å². The maximum atomic E-state index is 4.92. The van der Waals surface area contributed by atoms with Gasteiger partial charge in [0, 0.05) is 61.3 Å². The van der Waals surface area contributed by atoms with E-state index in [-0.39, 0.29) is 0 Å². The second-order valence-electron chi connectivity index (χ2n) is 15.5. The van der Waals surface area contributed by atoms with Crippen LogP contribution >= 0.6 is 80.1 Å². The maximum absolute atomic E-state index is 4.92. The van der Waals surface area contributed by atoms with Crippen LogP contribution in [-0.4, -0.2) is 17.5 Å². The summed E-state index contributed by atoms with van der Waals surface area (Å²) in [6.07, 6.45) is 12.4. The number of hydrogen-bond donors (Lipinski definition) is 0. The number of hydrogen-bond acceptors (Lipinski definition) is 11. The van der Waals surface area contributed by atoms with Crippen LogP contribution in [0.3, 0.4) is 0 Å². The predicted octanol–water partition coefficient (Wildman–Crippen LogP) is 17.5. The van der Waals surface area contributed by atoms with Gasteiger partial charge in [-0.15, -0.1) is 56.7 Å². The molecule has 0 saturated heterocycles. The number of rotatable bonds is 18. The summed E-state index contributed by atoms with van der Waals surface area (Å²) in [5, 5.41) is 4.39. The molecule has 7 aromatic heterocycles. The van der Waals surface area contributed by atoms with E-state index in [2.05, 4.69) is 111 Å². The molecule has 59 heavy (non-hydrogen) atoms. The van der Waals surface area contributed by atoms with Crippen LogP contribution in [0.4, 0.5) is 0 Å². The van der Waals surface area contributed by atoms with Crippen LogP contribution in [0, 0.1) is 11.8 Å². The number of aromatic nitrogens is 4. The van der Waals surface area contributed by atoms with E-state index in [1.54, 1.807) is 11.3 Å². The molecule has 0 aliphatic rings. The van der Waals surface area contributed by atoms with E-state index in [1.807, 2.05) is 45.3 Å². The maximum Gasteiger partial charge on any atom is 0.114 e. The largest absolute Gasteiger partial charge is 0.172 e. The third-order valence-electron chi connectivity index (χ3n) is 11.7. The third-order valence-corrected chi connectivity index (χ3v) is 18.4. The van der Waals surface area contributed by atoms with Crippen LogP contribution in [0.5, 0.6) is 0 Å². The first kappa shape index (κ1) is 41.0. The molecule has 0 spiro atoms. The number of fused-ring (bicyclic) bond motifs is 2. The van der Waals surface area contributed by atoms with E-state index >= 15 is 0 Å². The second kappa shape index (κ2) is 18.7. The predicted molar refractivity (Wildman–Crippen MR) is 264 cm³/mol. The van der Waals surface area contributed by atoms with Gasteiger partial charge in [0.25, 0.3) is 0 Å². The van der Waals surface area contributed by atoms with Gasteiger partial charge in [-0.2, -0.15) is 17.5 Å². The minimum atomic E-state index is 0.705. The normalized spacial score (nSPS) is 12.9. The first-order valence-electron chi connectivity index (χ1n) is 21.0. The summed E-state index contributed by atoms with van der Waals surface area (Å²) in [7, 11) is 0. The minimum Gasteiger partial charge on any atom is -0.172 e. The van der Waals surface area contributed by atoms with Crippen molar-refractivity contribution in [2.24, 2.45) is 11.8 Å². The lowest BCUT2D eigenvalue weighted by molar-refractivity contribution is 0.450. The highest BCUT2D eigenvalue weighted by atomic mass is 32.1. The topological polar surface area (TPSA) is 51.6 Å². The molecule has 0 aliphatic heterocycles. The Hall–Kier alpha value is -3.42. The summed E-state index contributed by atoms with van der Waals surface area (Å²) in [6.45, 7) is 9.30. The van der Waals surface area contributed by atoms with Crippen molar-refractivity contribution in [3.8, 4) is 61.3 Å². The van der Waals surface area contributed by atoms with Crippen molar-refractivity contribution in [1.29, 1.82) is 0 Å². The average molecular weight is 905 g/mol. The molecule has 0 aliphatic carbocycles. The zero-order valence-corrected chi connectivity index (χ0v) is 39.7. The van der Waals surface area contributed by atoms with Gasteiger partial charge in [0.05, 0.1) is 23.5 Å². The molecule has 7 heterocycles. The molecule has 0 radical (unpaired) electrons. The highest BCUT2D eigenvalue weighted by Crippen LogP contribution is 2.48. The first-order chi connectivity index (χ1) is 29.1. The van der Waals surface area contributed by atoms with Crippen LogP contribution < -0.4 is 0 Å². The van der Waals surface area contributed by atoms with Crippen molar-refractivity contribution in [3.05, 3.63) is 94.7 Å². The fourth-order valence-electron chi connectivity index (χ4n) is 8.32. The SMILES string of the molecule is CCCCC(CC)Cc1cc(-c2ccc(-c3ccc(-c4ccc(-c5cc(CC(CC)CCCC)c(-c6cccs6)s5)c5nsnc45)s3)c3nsnc23)sc1-c1cccs1. The number of benzene rings is 2. The van der Waals surface area contributed by atoms with Crippen LogP contribution in [0.1, 0.15) is 90.2 Å². The number of thiophene rings is 5. The van der Waals surface area contributed by atoms with E-state index in [9.17, 15) is 0 Å². The molecule has 302 valence electrons. The molecule has 9 rings (SSSR count). The molecule has 2 unspecified atom stereocenters. The van der Waals surface area contributed by atoms with Crippen molar-refractivity contribution < 1.29 is 0 Å². The molecular formula is C48H48N4S7. The van der Waals surface area contributed by atoms with Gasteiger partial charge < -0.3 is 0 Å². The highest BCUT2D eigenvalue weighted by molar-refractivity contribution is 7.24. The van der Waals surface area contributed by atoms with Crippen LogP contribution in [-0.2, 0) is 12.8 Å². The molecule has 0 fully saturated rings. The summed E-state index contributed by atoms with van der Waals surface area (Å²) in [5.74, 6) is 1.41. The lowest BCUT2D eigenvalue weighted by Crippen LogP contribution is -2.03. The molecule has 0 saturated carbocycles. The summed E-state index contributed by atoms with van der Waals surface area (Å²) >= 11 is 11.9. The van der Waals surface area contributed by atoms with E-state index in [0.29, 0.717) is 11.8 Å². The number of nitrogens with zero attached hydrogens (tertiary/aromatic N) is 4. The van der Waals surface area contributed by atoms with E-state index < -0.39 is 0 Å². The third kappa shape index (κ3) is 8.46. The Balaban J connectivity index is 1.03. The number of unbranched alkanes of at least 4 members (excludes halogenated alkanes) is 2. The van der Waals surface area contributed by atoms with Gasteiger partial charge >= 0.3 is 0 Å². The molecule has 0 amide bonds. The summed E-state index contributed by atoms with van der Waals surface area (Å²) < 4.78 is 19.7. The fraction of sp³-hybridized carbons (Fsp3) is 0.333. The molecule has 0 N–H and O–H groups in total. The summed E-state index contributed by atoms with van der Waals surface area (Å²) in [6, 6.07) is 27.4. The van der Waals surface area contributed by atoms with Crippen molar-refractivity contribution in [2.75, 3.05) is 0 Å². The van der Waals surface area contributed by atoms with Crippen molar-refractivity contribution >= 4 is 102 Å². The Kier molecular flexibility index (Phi) is 13.0.